The molecule has 0 aliphatic carbocycles. The maximum absolute atomic E-state index is 12.8. The molecule has 3 atom stereocenters. The van der Waals surface area contributed by atoms with Crippen LogP contribution in [0.1, 0.15) is 36.3 Å². The summed E-state index contributed by atoms with van der Waals surface area (Å²) in [7, 11) is 0. The molecule has 2 aliphatic rings. The Hall–Kier alpha value is -1.89. The molecule has 0 spiro atoms. The molecule has 2 aromatic carbocycles. The molecule has 2 fully saturated rings. The van der Waals surface area contributed by atoms with Crippen molar-refractivity contribution in [1.29, 1.82) is 0 Å². The lowest BCUT2D eigenvalue weighted by Gasteiger charge is -2.57. The molecule has 0 saturated carbocycles. The van der Waals surface area contributed by atoms with Gasteiger partial charge in [-0.05, 0) is 49.5 Å². The van der Waals surface area contributed by atoms with Crippen LogP contribution in [0.2, 0.25) is 0 Å². The van der Waals surface area contributed by atoms with E-state index < -0.39 is 12.6 Å². The summed E-state index contributed by atoms with van der Waals surface area (Å²) in [6.07, 6.45) is -3.04. The van der Waals surface area contributed by atoms with E-state index in [1.54, 1.807) is 0 Å². The van der Waals surface area contributed by atoms with Crippen molar-refractivity contribution in [3.05, 3.63) is 59.7 Å². The van der Waals surface area contributed by atoms with Gasteiger partial charge in [0, 0.05) is 31.1 Å². The second kappa shape index (κ2) is 9.31. The van der Waals surface area contributed by atoms with Gasteiger partial charge in [-0.3, -0.25) is 4.90 Å². The maximum atomic E-state index is 12.8. The van der Waals surface area contributed by atoms with E-state index in [0.717, 1.165) is 30.5 Å². The van der Waals surface area contributed by atoms with Crippen molar-refractivity contribution in [3.63, 3.8) is 0 Å². The van der Waals surface area contributed by atoms with Crippen LogP contribution in [-0.4, -0.2) is 66.0 Å². The Kier molecular flexibility index (Phi) is 6.70. The van der Waals surface area contributed by atoms with Gasteiger partial charge in [-0.1, -0.05) is 54.1 Å². The Labute approximate surface area is 182 Å². The Morgan fingerprint density at radius 2 is 1.74 bits per heavy atom. The Morgan fingerprint density at radius 1 is 1.00 bits per heavy atom. The zero-order chi connectivity index (χ0) is 22.0. The fraction of sp³-hybridized carbons (Fsp3) is 0.520. The molecule has 2 aliphatic heterocycles. The fourth-order valence-corrected chi connectivity index (χ4v) is 5.22. The van der Waals surface area contributed by atoms with Crippen LogP contribution >= 0.6 is 0 Å². The molecule has 6 heteroatoms. The number of alkyl halides is 3. The van der Waals surface area contributed by atoms with Crippen molar-refractivity contribution in [2.45, 2.75) is 50.4 Å². The van der Waals surface area contributed by atoms with Gasteiger partial charge in [-0.25, -0.2) is 0 Å². The Morgan fingerprint density at radius 3 is 2.42 bits per heavy atom. The quantitative estimate of drug-likeness (QED) is 0.733. The van der Waals surface area contributed by atoms with Gasteiger partial charge in [0.1, 0.15) is 0 Å². The number of rotatable bonds is 5. The third-order valence-electron chi connectivity index (χ3n) is 6.81. The third-order valence-corrected chi connectivity index (χ3v) is 6.81. The molecule has 3 nitrogen and oxygen atoms in total. The van der Waals surface area contributed by atoms with Crippen molar-refractivity contribution in [2.24, 2.45) is 0 Å². The minimum atomic E-state index is -4.12. The number of halogens is 3. The summed E-state index contributed by atoms with van der Waals surface area (Å²) in [6.45, 7) is 4.44. The van der Waals surface area contributed by atoms with E-state index in [1.165, 1.54) is 11.1 Å². The zero-order valence-electron chi connectivity index (χ0n) is 18.0. The van der Waals surface area contributed by atoms with Gasteiger partial charge in [0.15, 0.2) is 0 Å². The van der Waals surface area contributed by atoms with Gasteiger partial charge in [-0.15, -0.1) is 0 Å². The lowest BCUT2D eigenvalue weighted by atomic mass is 9.74. The number of hydrogen-bond acceptors (Lipinski definition) is 3. The smallest absolute Gasteiger partial charge is 0.390 e. The van der Waals surface area contributed by atoms with Crippen LogP contribution in [0.5, 0.6) is 0 Å². The number of aliphatic hydroxyl groups excluding tert-OH is 1. The number of hydrogen-bond donors (Lipinski definition) is 1. The average Bonchev–Trinajstić information content (AvgIpc) is 2.72. The van der Waals surface area contributed by atoms with Gasteiger partial charge in [0.25, 0.3) is 0 Å². The molecule has 2 saturated heterocycles. The van der Waals surface area contributed by atoms with Gasteiger partial charge in [0.05, 0.1) is 13.0 Å². The van der Waals surface area contributed by atoms with Crippen LogP contribution in [0, 0.1) is 6.92 Å². The normalized spacial score (nSPS) is 25.4. The SMILES string of the molecule is Cc1cccc(-c2ccc([C@@H]3[C@H]4CN(CCC(F)(F)F)CCCCN4[C@H]3CO)cc2)c1. The molecule has 0 aromatic heterocycles. The summed E-state index contributed by atoms with van der Waals surface area (Å²) in [5, 5.41) is 10.1. The van der Waals surface area contributed by atoms with E-state index in [2.05, 4.69) is 54.3 Å². The van der Waals surface area contributed by atoms with Crippen molar-refractivity contribution in [3.8, 4) is 11.1 Å². The minimum Gasteiger partial charge on any atom is -0.395 e. The molecule has 4 rings (SSSR count). The van der Waals surface area contributed by atoms with E-state index in [4.69, 9.17) is 0 Å². The molecule has 0 unspecified atom stereocenters. The van der Waals surface area contributed by atoms with Crippen LogP contribution in [0.25, 0.3) is 11.1 Å². The van der Waals surface area contributed by atoms with Crippen LogP contribution in [0.15, 0.2) is 48.5 Å². The lowest BCUT2D eigenvalue weighted by molar-refractivity contribution is -0.140. The minimum absolute atomic E-state index is 0.0392. The first-order valence-electron chi connectivity index (χ1n) is 11.2. The van der Waals surface area contributed by atoms with E-state index in [0.29, 0.717) is 13.1 Å². The summed E-state index contributed by atoms with van der Waals surface area (Å²) in [5.41, 5.74) is 4.69. The predicted octanol–water partition coefficient (Wildman–Crippen LogP) is 4.84. The summed E-state index contributed by atoms with van der Waals surface area (Å²) in [6, 6.07) is 17.0. The van der Waals surface area contributed by atoms with Crippen LogP contribution in [0.4, 0.5) is 13.2 Å². The molecule has 2 aromatic rings. The van der Waals surface area contributed by atoms with Crippen LogP contribution in [-0.2, 0) is 0 Å². The van der Waals surface area contributed by atoms with Crippen LogP contribution in [0.3, 0.4) is 0 Å². The summed E-state index contributed by atoms with van der Waals surface area (Å²) in [5.74, 6) is 0.142. The molecule has 2 heterocycles. The summed E-state index contributed by atoms with van der Waals surface area (Å²) in [4.78, 5) is 4.27. The van der Waals surface area contributed by atoms with E-state index in [-0.39, 0.29) is 31.2 Å². The first-order chi connectivity index (χ1) is 14.9. The van der Waals surface area contributed by atoms with E-state index >= 15 is 0 Å². The molecule has 31 heavy (non-hydrogen) atoms. The topological polar surface area (TPSA) is 26.7 Å². The number of aryl methyl sites for hydroxylation is 1. The highest BCUT2D eigenvalue weighted by Gasteiger charge is 2.49. The number of aliphatic hydroxyl groups is 1. The van der Waals surface area contributed by atoms with Crippen molar-refractivity contribution in [1.82, 2.24) is 9.80 Å². The summed E-state index contributed by atoms with van der Waals surface area (Å²) >= 11 is 0. The van der Waals surface area contributed by atoms with Crippen molar-refractivity contribution in [2.75, 3.05) is 32.8 Å². The second-order valence-corrected chi connectivity index (χ2v) is 8.95. The van der Waals surface area contributed by atoms with Crippen molar-refractivity contribution >= 4 is 0 Å². The fourth-order valence-electron chi connectivity index (χ4n) is 5.22. The van der Waals surface area contributed by atoms with Crippen molar-refractivity contribution < 1.29 is 18.3 Å². The molecule has 0 radical (unpaired) electrons. The Balaban J connectivity index is 1.52. The van der Waals surface area contributed by atoms with E-state index in [1.807, 2.05) is 11.0 Å². The maximum Gasteiger partial charge on any atom is 0.390 e. The van der Waals surface area contributed by atoms with Gasteiger partial charge >= 0.3 is 6.18 Å². The van der Waals surface area contributed by atoms with Gasteiger partial charge in [0.2, 0.25) is 0 Å². The standard InChI is InChI=1S/C25H31F3N2O/c1-18-5-4-6-21(15-18)19-7-9-20(10-8-19)24-22-16-29(14-11-25(26,27)28)12-2-3-13-30(22)23(24)17-31/h4-10,15,22-24,31H,2-3,11-14,16-17H2,1H3/t22-,23+,24-/m1/s1. The number of nitrogens with zero attached hydrogens (tertiary/aromatic N) is 2. The lowest BCUT2D eigenvalue weighted by Crippen LogP contribution is -2.67. The molecule has 0 bridgehead atoms. The first kappa shape index (κ1) is 22.3. The zero-order valence-corrected chi connectivity index (χ0v) is 18.0. The predicted molar refractivity (Wildman–Crippen MR) is 117 cm³/mol. The third kappa shape index (κ3) is 5.13. The number of fused-ring (bicyclic) bond motifs is 1. The van der Waals surface area contributed by atoms with Crippen LogP contribution < -0.4 is 0 Å². The average molecular weight is 433 g/mol. The monoisotopic (exact) mass is 432 g/mol. The molecule has 0 amide bonds. The second-order valence-electron chi connectivity index (χ2n) is 8.95. The first-order valence-corrected chi connectivity index (χ1v) is 11.2. The highest BCUT2D eigenvalue weighted by molar-refractivity contribution is 5.64. The highest BCUT2D eigenvalue weighted by Crippen LogP contribution is 2.42. The molecular weight excluding hydrogens is 401 g/mol. The largest absolute Gasteiger partial charge is 0.395 e. The Bertz CT molecular complexity index is 868. The van der Waals surface area contributed by atoms with Gasteiger partial charge < -0.3 is 10.0 Å². The van der Waals surface area contributed by atoms with Gasteiger partial charge in [-0.2, -0.15) is 13.2 Å². The number of benzene rings is 2. The van der Waals surface area contributed by atoms with E-state index in [9.17, 15) is 18.3 Å². The summed E-state index contributed by atoms with van der Waals surface area (Å²) < 4.78 is 38.3. The molecule has 168 valence electrons. The highest BCUT2D eigenvalue weighted by atomic mass is 19.4. The molecular formula is C25H31F3N2O. The molecule has 1 N–H and O–H groups in total.